The molecule has 2 aromatic rings. The number of amides is 2. The van der Waals surface area contributed by atoms with Crippen molar-refractivity contribution in [1.82, 2.24) is 14.9 Å². The summed E-state index contributed by atoms with van der Waals surface area (Å²) in [7, 11) is 0. The van der Waals surface area contributed by atoms with Crippen molar-refractivity contribution in [3.63, 3.8) is 0 Å². The molecule has 8 nitrogen and oxygen atoms in total. The molecule has 2 aliphatic heterocycles. The third kappa shape index (κ3) is 4.60. The van der Waals surface area contributed by atoms with Gasteiger partial charge in [-0.15, -0.1) is 0 Å². The van der Waals surface area contributed by atoms with E-state index in [1.165, 1.54) is 0 Å². The first-order valence-electron chi connectivity index (χ1n) is 10.3. The van der Waals surface area contributed by atoms with Crippen molar-refractivity contribution in [3.05, 3.63) is 40.5 Å². The monoisotopic (exact) mass is 430 g/mol. The molecule has 2 aliphatic rings. The van der Waals surface area contributed by atoms with Gasteiger partial charge < -0.3 is 24.8 Å². The third-order valence-corrected chi connectivity index (χ3v) is 5.93. The van der Waals surface area contributed by atoms with Crippen LogP contribution in [0, 0.1) is 13.8 Å². The maximum absolute atomic E-state index is 12.7. The van der Waals surface area contributed by atoms with Gasteiger partial charge in [-0.2, -0.15) is 4.98 Å². The minimum Gasteiger partial charge on any atom is -0.378 e. The van der Waals surface area contributed by atoms with Crippen molar-refractivity contribution >= 4 is 35.1 Å². The number of rotatable bonds is 3. The van der Waals surface area contributed by atoms with Crippen LogP contribution in [0.15, 0.2) is 24.3 Å². The number of ether oxygens (including phenoxy) is 1. The molecule has 0 bridgehead atoms. The van der Waals surface area contributed by atoms with E-state index in [-0.39, 0.29) is 6.03 Å². The van der Waals surface area contributed by atoms with Crippen LogP contribution < -0.4 is 15.1 Å². The summed E-state index contributed by atoms with van der Waals surface area (Å²) in [5, 5.41) is 3.61. The Hall–Kier alpha value is -2.58. The number of nitrogens with one attached hydrogen (secondary N) is 1. The molecule has 2 saturated heterocycles. The predicted octanol–water partition coefficient (Wildman–Crippen LogP) is 2.94. The number of nitrogens with zero attached hydrogens (tertiary/aromatic N) is 5. The smallest absolute Gasteiger partial charge is 0.321 e. The highest BCUT2D eigenvalue weighted by Crippen LogP contribution is 2.24. The molecule has 2 amide bonds. The fourth-order valence-electron chi connectivity index (χ4n) is 3.68. The lowest BCUT2D eigenvalue weighted by molar-refractivity contribution is 0.122. The van der Waals surface area contributed by atoms with Crippen LogP contribution in [-0.4, -0.2) is 73.4 Å². The van der Waals surface area contributed by atoms with Crippen LogP contribution in [0.5, 0.6) is 0 Å². The van der Waals surface area contributed by atoms with Crippen LogP contribution in [-0.2, 0) is 4.74 Å². The van der Waals surface area contributed by atoms with Crippen LogP contribution in [0.3, 0.4) is 0 Å². The van der Waals surface area contributed by atoms with Crippen molar-refractivity contribution in [2.75, 3.05) is 67.6 Å². The molecule has 0 spiro atoms. The second kappa shape index (κ2) is 9.06. The van der Waals surface area contributed by atoms with Gasteiger partial charge in [0.2, 0.25) is 5.95 Å². The lowest BCUT2D eigenvalue weighted by Gasteiger charge is -2.35. The zero-order chi connectivity index (χ0) is 21.1. The maximum Gasteiger partial charge on any atom is 0.321 e. The van der Waals surface area contributed by atoms with E-state index >= 15 is 0 Å². The molecule has 160 valence electrons. The standard InChI is InChI=1S/C21H27ClN6O2/c1-15-14-19(26-10-12-30-13-11-26)25-20(23-15)27-6-8-28(9-7-27)21(29)24-18-5-3-4-17(22)16(18)2/h3-5,14H,6-13H2,1-2H3,(H,24,29). The summed E-state index contributed by atoms with van der Waals surface area (Å²) < 4.78 is 5.44. The number of aromatic nitrogens is 2. The minimum absolute atomic E-state index is 0.112. The highest BCUT2D eigenvalue weighted by Gasteiger charge is 2.24. The summed E-state index contributed by atoms with van der Waals surface area (Å²) in [5.74, 6) is 1.67. The molecule has 1 aromatic carbocycles. The number of benzene rings is 1. The normalized spacial score (nSPS) is 17.2. The molecule has 0 radical (unpaired) electrons. The fourth-order valence-corrected chi connectivity index (χ4v) is 3.85. The van der Waals surface area contributed by atoms with Crippen molar-refractivity contribution < 1.29 is 9.53 Å². The summed E-state index contributed by atoms with van der Waals surface area (Å²) in [5.41, 5.74) is 2.56. The summed E-state index contributed by atoms with van der Waals surface area (Å²) >= 11 is 6.16. The zero-order valence-corrected chi connectivity index (χ0v) is 18.2. The molecule has 0 saturated carbocycles. The van der Waals surface area contributed by atoms with Gasteiger partial charge in [-0.3, -0.25) is 0 Å². The lowest BCUT2D eigenvalue weighted by Crippen LogP contribution is -2.50. The van der Waals surface area contributed by atoms with Crippen molar-refractivity contribution in [2.24, 2.45) is 0 Å². The predicted molar refractivity (Wildman–Crippen MR) is 119 cm³/mol. The molecule has 1 N–H and O–H groups in total. The number of hydrogen-bond acceptors (Lipinski definition) is 6. The summed E-state index contributed by atoms with van der Waals surface area (Å²) in [6.45, 7) is 9.60. The van der Waals surface area contributed by atoms with E-state index in [4.69, 9.17) is 21.3 Å². The van der Waals surface area contributed by atoms with Gasteiger partial charge in [-0.05, 0) is 31.5 Å². The van der Waals surface area contributed by atoms with E-state index in [0.29, 0.717) is 31.2 Å². The van der Waals surface area contributed by atoms with Crippen molar-refractivity contribution in [1.29, 1.82) is 0 Å². The Balaban J connectivity index is 1.39. The first kappa shape index (κ1) is 20.7. The number of anilines is 3. The second-order valence-electron chi connectivity index (χ2n) is 7.58. The first-order valence-corrected chi connectivity index (χ1v) is 10.6. The molecular weight excluding hydrogens is 404 g/mol. The topological polar surface area (TPSA) is 73.8 Å². The molecule has 30 heavy (non-hydrogen) atoms. The van der Waals surface area contributed by atoms with Crippen molar-refractivity contribution in [3.8, 4) is 0 Å². The Kier molecular flexibility index (Phi) is 6.24. The van der Waals surface area contributed by atoms with Gasteiger partial charge in [0.05, 0.1) is 13.2 Å². The van der Waals surface area contributed by atoms with Crippen LogP contribution in [0.1, 0.15) is 11.3 Å². The molecule has 0 atom stereocenters. The van der Waals surface area contributed by atoms with Gasteiger partial charge in [-0.25, -0.2) is 9.78 Å². The SMILES string of the molecule is Cc1cc(N2CCOCC2)nc(N2CCN(C(=O)Nc3cccc(Cl)c3C)CC2)n1. The van der Waals surface area contributed by atoms with Crippen molar-refractivity contribution in [2.45, 2.75) is 13.8 Å². The number of piperazine rings is 1. The van der Waals surface area contributed by atoms with E-state index in [2.05, 4.69) is 20.1 Å². The molecule has 4 rings (SSSR count). The number of morpholine rings is 1. The molecule has 3 heterocycles. The number of urea groups is 1. The van der Waals surface area contributed by atoms with Gasteiger partial charge in [0.25, 0.3) is 0 Å². The Bertz CT molecular complexity index is 910. The summed E-state index contributed by atoms with van der Waals surface area (Å²) in [4.78, 5) is 28.3. The fraction of sp³-hybridized carbons (Fsp3) is 0.476. The Morgan fingerprint density at radius 1 is 1.03 bits per heavy atom. The Morgan fingerprint density at radius 3 is 2.50 bits per heavy atom. The number of carbonyl (C=O) groups is 1. The van der Waals surface area contributed by atoms with Gasteiger partial charge >= 0.3 is 6.03 Å². The van der Waals surface area contributed by atoms with Gasteiger partial charge in [-0.1, -0.05) is 17.7 Å². The third-order valence-electron chi connectivity index (χ3n) is 5.52. The number of hydrogen-bond donors (Lipinski definition) is 1. The average Bonchev–Trinajstić information content (AvgIpc) is 2.77. The minimum atomic E-state index is -0.112. The van der Waals surface area contributed by atoms with E-state index in [0.717, 1.165) is 55.0 Å². The number of carbonyl (C=O) groups excluding carboxylic acids is 1. The van der Waals surface area contributed by atoms with E-state index in [9.17, 15) is 4.79 Å². The Morgan fingerprint density at radius 2 is 1.77 bits per heavy atom. The van der Waals surface area contributed by atoms with Gasteiger partial charge in [0.15, 0.2) is 0 Å². The van der Waals surface area contributed by atoms with Crippen LogP contribution in [0.25, 0.3) is 0 Å². The highest BCUT2D eigenvalue weighted by molar-refractivity contribution is 6.31. The van der Waals surface area contributed by atoms with E-state index in [1.54, 1.807) is 0 Å². The van der Waals surface area contributed by atoms with Gasteiger partial charge in [0, 0.05) is 61.7 Å². The van der Waals surface area contributed by atoms with Crippen LogP contribution >= 0.6 is 11.6 Å². The Labute approximate surface area is 181 Å². The van der Waals surface area contributed by atoms with Crippen LogP contribution in [0.4, 0.5) is 22.2 Å². The zero-order valence-electron chi connectivity index (χ0n) is 17.4. The molecule has 0 aliphatic carbocycles. The number of aryl methyl sites for hydroxylation is 1. The highest BCUT2D eigenvalue weighted by atomic mass is 35.5. The molecule has 0 unspecified atom stereocenters. The summed E-state index contributed by atoms with van der Waals surface area (Å²) in [6, 6.07) is 7.43. The molecule has 9 heteroatoms. The van der Waals surface area contributed by atoms with E-state index < -0.39 is 0 Å². The maximum atomic E-state index is 12.7. The molecule has 1 aromatic heterocycles. The van der Waals surface area contributed by atoms with Gasteiger partial charge in [0.1, 0.15) is 5.82 Å². The second-order valence-corrected chi connectivity index (χ2v) is 7.99. The van der Waals surface area contributed by atoms with E-state index in [1.807, 2.05) is 43.0 Å². The largest absolute Gasteiger partial charge is 0.378 e. The quantitative estimate of drug-likeness (QED) is 0.807. The molecular formula is C21H27ClN6O2. The average molecular weight is 431 g/mol. The first-order chi connectivity index (χ1) is 14.5. The number of halogens is 1. The molecule has 2 fully saturated rings. The summed E-state index contributed by atoms with van der Waals surface area (Å²) in [6.07, 6.45) is 0. The lowest BCUT2D eigenvalue weighted by atomic mass is 10.2. The van der Waals surface area contributed by atoms with Crippen LogP contribution in [0.2, 0.25) is 5.02 Å².